The molecule has 1 amide bonds. The van der Waals surface area contributed by atoms with E-state index in [1.165, 1.54) is 12.5 Å². The minimum atomic E-state index is -0.695. The zero-order valence-corrected chi connectivity index (χ0v) is 16.5. The highest BCUT2D eigenvalue weighted by Gasteiger charge is 2.53. The van der Waals surface area contributed by atoms with Crippen molar-refractivity contribution in [3.8, 4) is 0 Å². The average Bonchev–Trinajstić information content (AvgIpc) is 3.10. The minimum absolute atomic E-state index is 0.172. The van der Waals surface area contributed by atoms with E-state index in [4.69, 9.17) is 10.5 Å². The first kappa shape index (κ1) is 19.6. The molecule has 5 nitrogen and oxygen atoms in total. The molecule has 1 aromatic carbocycles. The summed E-state index contributed by atoms with van der Waals surface area (Å²) in [6, 6.07) is 7.16. The van der Waals surface area contributed by atoms with Crippen molar-refractivity contribution in [3.05, 3.63) is 35.6 Å². The van der Waals surface area contributed by atoms with Crippen LogP contribution in [0.25, 0.3) is 0 Å². The van der Waals surface area contributed by atoms with Crippen LogP contribution in [0.15, 0.2) is 24.3 Å². The largest absolute Gasteiger partial charge is 0.446 e. The lowest BCUT2D eigenvalue weighted by atomic mass is 9.58. The molecule has 0 radical (unpaired) electrons. The maximum Gasteiger partial charge on any atom is 0.404 e. The van der Waals surface area contributed by atoms with Gasteiger partial charge < -0.3 is 20.7 Å². The summed E-state index contributed by atoms with van der Waals surface area (Å²) in [5.74, 6) is 0.411. The van der Waals surface area contributed by atoms with E-state index in [0.717, 1.165) is 70.4 Å². The fourth-order valence-electron chi connectivity index (χ4n) is 5.92. The van der Waals surface area contributed by atoms with E-state index < -0.39 is 6.09 Å². The van der Waals surface area contributed by atoms with Gasteiger partial charge in [0.15, 0.2) is 0 Å². The zero-order chi connectivity index (χ0) is 19.6. The van der Waals surface area contributed by atoms with Crippen LogP contribution in [-0.4, -0.2) is 49.8 Å². The lowest BCUT2D eigenvalue weighted by molar-refractivity contribution is -0.00404. The van der Waals surface area contributed by atoms with Crippen LogP contribution < -0.4 is 11.1 Å². The normalized spacial score (nSPS) is 28.5. The van der Waals surface area contributed by atoms with E-state index in [2.05, 4.69) is 16.3 Å². The number of likely N-dealkylation sites (tertiary alicyclic amines) is 1. The van der Waals surface area contributed by atoms with Gasteiger partial charge in [-0.2, -0.15) is 0 Å². The number of benzene rings is 1. The third kappa shape index (κ3) is 3.77. The summed E-state index contributed by atoms with van der Waals surface area (Å²) in [6.07, 6.45) is 5.31. The molecule has 1 saturated carbocycles. The van der Waals surface area contributed by atoms with Gasteiger partial charge >= 0.3 is 6.09 Å². The van der Waals surface area contributed by atoms with Crippen molar-refractivity contribution in [1.29, 1.82) is 0 Å². The van der Waals surface area contributed by atoms with Crippen LogP contribution in [0, 0.1) is 17.7 Å². The zero-order valence-electron chi connectivity index (χ0n) is 16.5. The Hall–Kier alpha value is -1.66. The van der Waals surface area contributed by atoms with E-state index in [1.54, 1.807) is 6.07 Å². The van der Waals surface area contributed by atoms with Gasteiger partial charge in [0.25, 0.3) is 0 Å². The summed E-state index contributed by atoms with van der Waals surface area (Å²) in [5, 5.41) is 3.47. The molecule has 0 aromatic heterocycles. The van der Waals surface area contributed by atoms with Crippen molar-refractivity contribution in [2.24, 2.45) is 17.6 Å². The highest BCUT2D eigenvalue weighted by molar-refractivity contribution is 5.65. The van der Waals surface area contributed by atoms with Gasteiger partial charge in [-0.3, -0.25) is 0 Å². The summed E-state index contributed by atoms with van der Waals surface area (Å²) >= 11 is 0. The Kier molecular flexibility index (Phi) is 5.88. The maximum atomic E-state index is 14.4. The molecular formula is C22H32FN3O2. The number of piperidine rings is 1. The van der Waals surface area contributed by atoms with Gasteiger partial charge in [0.05, 0.1) is 0 Å². The van der Waals surface area contributed by atoms with E-state index in [0.29, 0.717) is 5.92 Å². The molecule has 4 rings (SSSR count). The number of nitrogens with two attached hydrogens (primary N) is 1. The maximum absolute atomic E-state index is 14.4. The first-order chi connectivity index (χ1) is 13.6. The molecule has 0 spiro atoms. The van der Waals surface area contributed by atoms with Crippen LogP contribution >= 0.6 is 0 Å². The number of amides is 1. The van der Waals surface area contributed by atoms with Crippen LogP contribution in [0.3, 0.4) is 0 Å². The summed E-state index contributed by atoms with van der Waals surface area (Å²) in [7, 11) is 0. The Balaban J connectivity index is 1.79. The Morgan fingerprint density at radius 1 is 1.21 bits per heavy atom. The fourth-order valence-corrected chi connectivity index (χ4v) is 5.92. The summed E-state index contributed by atoms with van der Waals surface area (Å²) < 4.78 is 20.0. The molecular weight excluding hydrogens is 357 g/mol. The Morgan fingerprint density at radius 2 is 2.00 bits per heavy atom. The lowest BCUT2D eigenvalue weighted by Crippen LogP contribution is -2.57. The predicted octanol–water partition coefficient (Wildman–Crippen LogP) is 3.03. The van der Waals surface area contributed by atoms with Crippen molar-refractivity contribution in [3.63, 3.8) is 0 Å². The Labute approximate surface area is 166 Å². The molecule has 28 heavy (non-hydrogen) atoms. The molecule has 3 N–H and O–H groups in total. The summed E-state index contributed by atoms with van der Waals surface area (Å²) in [5.41, 5.74) is 6.26. The van der Waals surface area contributed by atoms with Crippen molar-refractivity contribution in [2.45, 2.75) is 50.0 Å². The van der Waals surface area contributed by atoms with Crippen LogP contribution in [0.5, 0.6) is 0 Å². The number of hydrogen-bond acceptors (Lipinski definition) is 4. The van der Waals surface area contributed by atoms with Gasteiger partial charge in [-0.1, -0.05) is 12.1 Å². The van der Waals surface area contributed by atoms with Crippen molar-refractivity contribution < 1.29 is 13.9 Å². The molecule has 0 bridgehead atoms. The predicted molar refractivity (Wildman–Crippen MR) is 107 cm³/mol. The highest BCUT2D eigenvalue weighted by Crippen LogP contribution is 2.51. The number of carbonyl (C=O) groups excluding carboxylic acids is 1. The Bertz CT molecular complexity index is 690. The van der Waals surface area contributed by atoms with Gasteiger partial charge in [0.2, 0.25) is 0 Å². The number of rotatable bonds is 6. The molecule has 1 unspecified atom stereocenters. The SMILES string of the molecule is NC(=O)O[C@H]1CCC[C@@H]1C(CN1CCC1)(c1cccc(F)c1)C1CCNCC1. The molecule has 3 atom stereocenters. The van der Waals surface area contributed by atoms with E-state index >= 15 is 0 Å². The molecule has 6 heteroatoms. The van der Waals surface area contributed by atoms with Gasteiger partial charge in [0, 0.05) is 17.9 Å². The number of primary amides is 1. The molecule has 2 aliphatic heterocycles. The number of carbonyl (C=O) groups is 1. The number of ether oxygens (including phenoxy) is 1. The van der Waals surface area contributed by atoms with Gasteiger partial charge in [0.1, 0.15) is 11.9 Å². The third-order valence-electron chi connectivity index (χ3n) is 7.25. The summed E-state index contributed by atoms with van der Waals surface area (Å²) in [4.78, 5) is 14.1. The average molecular weight is 390 g/mol. The van der Waals surface area contributed by atoms with E-state index in [9.17, 15) is 9.18 Å². The topological polar surface area (TPSA) is 67.6 Å². The van der Waals surface area contributed by atoms with Crippen LogP contribution in [-0.2, 0) is 10.2 Å². The first-order valence-electron chi connectivity index (χ1n) is 10.7. The second-order valence-electron chi connectivity index (χ2n) is 8.72. The molecule has 3 fully saturated rings. The molecule has 1 aromatic rings. The van der Waals surface area contributed by atoms with Crippen LogP contribution in [0.1, 0.15) is 44.1 Å². The lowest BCUT2D eigenvalue weighted by Gasteiger charge is -2.52. The minimum Gasteiger partial charge on any atom is -0.446 e. The van der Waals surface area contributed by atoms with Gasteiger partial charge in [-0.05, 0) is 88.3 Å². The Morgan fingerprint density at radius 3 is 2.64 bits per heavy atom. The number of nitrogens with one attached hydrogen (secondary N) is 1. The van der Waals surface area contributed by atoms with Gasteiger partial charge in [-0.15, -0.1) is 0 Å². The standard InChI is InChI=1S/C22H32FN3O2/c23-18-5-1-4-17(14-18)22(15-26-12-3-13-26,16-8-10-25-11-9-16)19-6-2-7-20(19)28-21(24)27/h1,4-5,14,16,19-20,25H,2-3,6-13,15H2,(H2,24,27)/t19-,20-,22?/m0/s1. The first-order valence-corrected chi connectivity index (χ1v) is 10.7. The smallest absolute Gasteiger partial charge is 0.404 e. The number of nitrogens with zero attached hydrogens (tertiary/aromatic N) is 1. The number of hydrogen-bond donors (Lipinski definition) is 2. The molecule has 2 saturated heterocycles. The quantitative estimate of drug-likeness (QED) is 0.785. The second-order valence-corrected chi connectivity index (χ2v) is 8.72. The molecule has 154 valence electrons. The van der Waals surface area contributed by atoms with Gasteiger partial charge in [-0.25, -0.2) is 9.18 Å². The number of halogens is 1. The molecule has 2 heterocycles. The monoisotopic (exact) mass is 389 g/mol. The fraction of sp³-hybridized carbons (Fsp3) is 0.682. The summed E-state index contributed by atoms with van der Waals surface area (Å²) in [6.45, 7) is 5.06. The van der Waals surface area contributed by atoms with Crippen molar-refractivity contribution in [1.82, 2.24) is 10.2 Å². The highest BCUT2D eigenvalue weighted by atomic mass is 19.1. The van der Waals surface area contributed by atoms with E-state index in [-0.39, 0.29) is 23.3 Å². The van der Waals surface area contributed by atoms with Crippen molar-refractivity contribution >= 4 is 6.09 Å². The van der Waals surface area contributed by atoms with E-state index in [1.807, 2.05) is 6.07 Å². The van der Waals surface area contributed by atoms with Crippen LogP contribution in [0.2, 0.25) is 0 Å². The van der Waals surface area contributed by atoms with Crippen molar-refractivity contribution in [2.75, 3.05) is 32.7 Å². The third-order valence-corrected chi connectivity index (χ3v) is 7.25. The molecule has 1 aliphatic carbocycles. The second kappa shape index (κ2) is 8.37. The van der Waals surface area contributed by atoms with Crippen LogP contribution in [0.4, 0.5) is 9.18 Å². The molecule has 3 aliphatic rings.